The number of aromatic nitrogens is 2. The summed E-state index contributed by atoms with van der Waals surface area (Å²) in [6.07, 6.45) is 5.51. The highest BCUT2D eigenvalue weighted by molar-refractivity contribution is 5.93. The molecule has 1 amide bonds. The maximum Gasteiger partial charge on any atom is 0.238 e. The predicted molar refractivity (Wildman–Crippen MR) is 117 cm³/mol. The van der Waals surface area contributed by atoms with Gasteiger partial charge in [0.25, 0.3) is 0 Å². The van der Waals surface area contributed by atoms with E-state index in [0.29, 0.717) is 13.1 Å². The Morgan fingerprint density at radius 3 is 2.45 bits per heavy atom. The average molecular weight is 386 g/mol. The van der Waals surface area contributed by atoms with Gasteiger partial charge in [-0.1, -0.05) is 53.9 Å². The molecule has 0 radical (unpaired) electrons. The maximum absolute atomic E-state index is 12.7. The molecule has 3 rings (SSSR count). The number of rotatable bonds is 7. The third kappa shape index (κ3) is 5.13. The Morgan fingerprint density at radius 2 is 1.79 bits per heavy atom. The van der Waals surface area contributed by atoms with Crippen molar-refractivity contribution in [1.29, 1.82) is 0 Å². The van der Waals surface area contributed by atoms with E-state index < -0.39 is 0 Å². The number of nitrogens with zero attached hydrogens (tertiary/aromatic N) is 3. The van der Waals surface area contributed by atoms with Crippen LogP contribution in [0.25, 0.3) is 5.69 Å². The van der Waals surface area contributed by atoms with Crippen molar-refractivity contribution >= 4 is 11.6 Å². The van der Waals surface area contributed by atoms with Crippen LogP contribution in [0.1, 0.15) is 22.5 Å². The number of carbonyl (C=O) groups excluding carboxylic acids is 1. The minimum atomic E-state index is -0.105. The Hall–Kier alpha value is -3.36. The SMILES string of the molecule is C#CCN(CC(=O)Nc1c(C)nn(-c2ccccc2)c1C)Cc1ccc(C)cc1. The van der Waals surface area contributed by atoms with Crippen LogP contribution in [0.4, 0.5) is 5.69 Å². The first kappa shape index (κ1) is 20.4. The Balaban J connectivity index is 1.71. The summed E-state index contributed by atoms with van der Waals surface area (Å²) < 4.78 is 1.84. The molecular formula is C24H26N4O. The van der Waals surface area contributed by atoms with Gasteiger partial charge < -0.3 is 5.32 Å². The molecule has 2 aromatic carbocycles. The van der Waals surface area contributed by atoms with Crippen LogP contribution in [0.3, 0.4) is 0 Å². The summed E-state index contributed by atoms with van der Waals surface area (Å²) in [6.45, 7) is 7.15. The second-order valence-corrected chi connectivity index (χ2v) is 7.18. The van der Waals surface area contributed by atoms with Crippen molar-refractivity contribution in [1.82, 2.24) is 14.7 Å². The molecular weight excluding hydrogens is 360 g/mol. The van der Waals surface area contributed by atoms with Crippen LogP contribution in [0.15, 0.2) is 54.6 Å². The lowest BCUT2D eigenvalue weighted by Crippen LogP contribution is -2.33. The quantitative estimate of drug-likeness (QED) is 0.627. The van der Waals surface area contributed by atoms with E-state index in [4.69, 9.17) is 6.42 Å². The van der Waals surface area contributed by atoms with E-state index in [1.165, 1.54) is 5.56 Å². The van der Waals surface area contributed by atoms with Crippen LogP contribution in [0.5, 0.6) is 0 Å². The summed E-state index contributed by atoms with van der Waals surface area (Å²) in [4.78, 5) is 14.7. The van der Waals surface area contributed by atoms with E-state index in [1.54, 1.807) is 0 Å². The number of benzene rings is 2. The first-order valence-corrected chi connectivity index (χ1v) is 9.61. The van der Waals surface area contributed by atoms with Crippen LogP contribution < -0.4 is 5.32 Å². The summed E-state index contributed by atoms with van der Waals surface area (Å²) in [5, 5.41) is 7.60. The molecule has 0 bridgehead atoms. The van der Waals surface area contributed by atoms with Gasteiger partial charge in [-0.25, -0.2) is 4.68 Å². The van der Waals surface area contributed by atoms with E-state index >= 15 is 0 Å². The summed E-state index contributed by atoms with van der Waals surface area (Å²) in [5.74, 6) is 2.54. The normalized spacial score (nSPS) is 10.7. The van der Waals surface area contributed by atoms with E-state index in [-0.39, 0.29) is 12.5 Å². The van der Waals surface area contributed by atoms with E-state index in [1.807, 2.05) is 53.8 Å². The Morgan fingerprint density at radius 1 is 1.10 bits per heavy atom. The minimum absolute atomic E-state index is 0.105. The number of terminal acetylenes is 1. The molecule has 1 aromatic heterocycles. The number of hydrogen-bond donors (Lipinski definition) is 1. The fourth-order valence-electron chi connectivity index (χ4n) is 3.27. The molecule has 3 aromatic rings. The standard InChI is InChI=1S/C24H26N4O/c1-5-15-27(16-21-13-11-18(2)12-14-21)17-23(29)25-24-19(3)26-28(20(24)4)22-9-7-6-8-10-22/h1,6-14H,15-17H2,2-4H3,(H,25,29). The smallest absolute Gasteiger partial charge is 0.238 e. The number of nitrogens with one attached hydrogen (secondary N) is 1. The first-order valence-electron chi connectivity index (χ1n) is 9.61. The largest absolute Gasteiger partial charge is 0.322 e. The highest BCUT2D eigenvalue weighted by atomic mass is 16.2. The lowest BCUT2D eigenvalue weighted by molar-refractivity contribution is -0.117. The summed E-state index contributed by atoms with van der Waals surface area (Å²) in [5.41, 5.74) is 5.71. The van der Waals surface area contributed by atoms with Crippen molar-refractivity contribution in [2.75, 3.05) is 18.4 Å². The zero-order valence-electron chi connectivity index (χ0n) is 17.1. The average Bonchev–Trinajstić information content (AvgIpc) is 2.99. The zero-order chi connectivity index (χ0) is 20.8. The van der Waals surface area contributed by atoms with Crippen molar-refractivity contribution in [3.05, 3.63) is 77.1 Å². The second-order valence-electron chi connectivity index (χ2n) is 7.18. The van der Waals surface area contributed by atoms with Crippen LogP contribution in [0.2, 0.25) is 0 Å². The lowest BCUT2D eigenvalue weighted by atomic mass is 10.1. The van der Waals surface area contributed by atoms with Crippen LogP contribution >= 0.6 is 0 Å². The monoisotopic (exact) mass is 386 g/mol. The molecule has 0 atom stereocenters. The Kier molecular flexibility index (Phi) is 6.48. The molecule has 1 N–H and O–H groups in total. The van der Waals surface area contributed by atoms with Gasteiger partial charge in [-0.3, -0.25) is 9.69 Å². The molecule has 0 spiro atoms. The molecule has 29 heavy (non-hydrogen) atoms. The zero-order valence-corrected chi connectivity index (χ0v) is 17.1. The topological polar surface area (TPSA) is 50.2 Å². The third-order valence-electron chi connectivity index (χ3n) is 4.77. The number of aryl methyl sites for hydroxylation is 2. The molecule has 148 valence electrons. The van der Waals surface area contributed by atoms with Gasteiger partial charge in [0.2, 0.25) is 5.91 Å². The van der Waals surface area contributed by atoms with Gasteiger partial charge in [-0.05, 0) is 38.5 Å². The molecule has 5 heteroatoms. The molecule has 5 nitrogen and oxygen atoms in total. The van der Waals surface area contributed by atoms with Crippen molar-refractivity contribution in [3.63, 3.8) is 0 Å². The van der Waals surface area contributed by atoms with Crippen LogP contribution in [0, 0.1) is 33.1 Å². The fourth-order valence-corrected chi connectivity index (χ4v) is 3.27. The van der Waals surface area contributed by atoms with Gasteiger partial charge >= 0.3 is 0 Å². The van der Waals surface area contributed by atoms with Gasteiger partial charge in [0.1, 0.15) is 0 Å². The molecule has 0 saturated heterocycles. The van der Waals surface area contributed by atoms with Gasteiger partial charge in [0.15, 0.2) is 0 Å². The number of anilines is 1. The van der Waals surface area contributed by atoms with Crippen molar-refractivity contribution < 1.29 is 4.79 Å². The number of para-hydroxylation sites is 1. The number of carbonyl (C=O) groups is 1. The van der Waals surface area contributed by atoms with Gasteiger partial charge in [-0.2, -0.15) is 5.10 Å². The molecule has 0 aliphatic rings. The van der Waals surface area contributed by atoms with E-state index in [0.717, 1.165) is 28.3 Å². The van der Waals surface area contributed by atoms with Crippen molar-refractivity contribution in [2.45, 2.75) is 27.3 Å². The first-order chi connectivity index (χ1) is 14.0. The van der Waals surface area contributed by atoms with Gasteiger partial charge in [-0.15, -0.1) is 6.42 Å². The summed E-state index contributed by atoms with van der Waals surface area (Å²) in [7, 11) is 0. The molecule has 1 heterocycles. The van der Waals surface area contributed by atoms with E-state index in [9.17, 15) is 4.79 Å². The highest BCUT2D eigenvalue weighted by Gasteiger charge is 2.17. The van der Waals surface area contributed by atoms with Crippen molar-refractivity contribution in [3.8, 4) is 18.0 Å². The van der Waals surface area contributed by atoms with Gasteiger partial charge in [0.05, 0.1) is 35.9 Å². The number of hydrogen-bond acceptors (Lipinski definition) is 3. The highest BCUT2D eigenvalue weighted by Crippen LogP contribution is 2.22. The van der Waals surface area contributed by atoms with Gasteiger partial charge in [0, 0.05) is 6.54 Å². The summed E-state index contributed by atoms with van der Waals surface area (Å²) in [6, 6.07) is 18.1. The van der Waals surface area contributed by atoms with Crippen molar-refractivity contribution in [2.24, 2.45) is 0 Å². The fraction of sp³-hybridized carbons (Fsp3) is 0.250. The Bertz CT molecular complexity index is 1010. The third-order valence-corrected chi connectivity index (χ3v) is 4.77. The molecule has 0 saturated carbocycles. The molecule has 0 unspecified atom stereocenters. The number of amides is 1. The molecule has 0 fully saturated rings. The summed E-state index contributed by atoms with van der Waals surface area (Å²) >= 11 is 0. The minimum Gasteiger partial charge on any atom is -0.322 e. The van der Waals surface area contributed by atoms with E-state index in [2.05, 4.69) is 47.5 Å². The molecule has 0 aliphatic carbocycles. The van der Waals surface area contributed by atoms with Crippen LogP contribution in [-0.2, 0) is 11.3 Å². The molecule has 0 aliphatic heterocycles. The predicted octanol–water partition coefficient (Wildman–Crippen LogP) is 3.87. The second kappa shape index (κ2) is 9.22. The Labute approximate surface area is 172 Å². The van der Waals surface area contributed by atoms with Crippen LogP contribution in [-0.4, -0.2) is 33.7 Å². The maximum atomic E-state index is 12.7. The lowest BCUT2D eigenvalue weighted by Gasteiger charge is -2.19.